The highest BCUT2D eigenvalue weighted by atomic mass is 32.1. The van der Waals surface area contributed by atoms with Gasteiger partial charge in [0, 0.05) is 18.5 Å². The van der Waals surface area contributed by atoms with E-state index in [-0.39, 0.29) is 5.91 Å². The molecule has 1 aromatic heterocycles. The van der Waals surface area contributed by atoms with Crippen LogP contribution in [0.1, 0.15) is 24.5 Å². The van der Waals surface area contributed by atoms with Gasteiger partial charge in [0.2, 0.25) is 5.91 Å². The Morgan fingerprint density at radius 2 is 1.95 bits per heavy atom. The summed E-state index contributed by atoms with van der Waals surface area (Å²) in [5.74, 6) is 0.953. The zero-order chi connectivity index (χ0) is 15.1. The van der Waals surface area contributed by atoms with Crippen LogP contribution in [-0.2, 0) is 17.8 Å². The number of rotatable bonds is 7. The molecule has 4 nitrogen and oxygen atoms in total. The van der Waals surface area contributed by atoms with Crippen LogP contribution in [0.3, 0.4) is 0 Å². The first-order chi connectivity index (χ1) is 10.2. The first-order valence-corrected chi connectivity index (χ1v) is 7.99. The predicted molar refractivity (Wildman–Crippen MR) is 84.5 cm³/mol. The number of amides is 1. The van der Waals surface area contributed by atoms with Gasteiger partial charge in [-0.2, -0.15) is 0 Å². The average Bonchev–Trinajstić information content (AvgIpc) is 2.95. The van der Waals surface area contributed by atoms with Gasteiger partial charge >= 0.3 is 0 Å². The molecule has 0 saturated heterocycles. The predicted octanol–water partition coefficient (Wildman–Crippen LogP) is 3.13. The van der Waals surface area contributed by atoms with E-state index in [9.17, 15) is 4.79 Å². The molecule has 0 radical (unpaired) electrons. The van der Waals surface area contributed by atoms with Crippen molar-refractivity contribution in [1.82, 2.24) is 9.88 Å². The molecule has 0 saturated carbocycles. The molecule has 0 spiro atoms. The molecular formula is C16H20N2O2S. The molecular weight excluding hydrogens is 284 g/mol. The maximum absolute atomic E-state index is 12.0. The normalized spacial score (nSPS) is 10.4. The van der Waals surface area contributed by atoms with Crippen LogP contribution in [0.15, 0.2) is 35.7 Å². The number of para-hydroxylation sites is 1. The van der Waals surface area contributed by atoms with Crippen LogP contribution in [-0.4, -0.2) is 28.9 Å². The van der Waals surface area contributed by atoms with E-state index in [4.69, 9.17) is 4.74 Å². The summed E-state index contributed by atoms with van der Waals surface area (Å²) in [5, 5.41) is 2.83. The number of carbonyl (C=O) groups excluding carboxylic acids is 1. The Morgan fingerprint density at radius 1 is 1.24 bits per heavy atom. The number of thiazole rings is 1. The van der Waals surface area contributed by atoms with E-state index in [0.717, 1.165) is 29.5 Å². The van der Waals surface area contributed by atoms with Crippen molar-refractivity contribution in [3.05, 3.63) is 46.4 Å². The molecule has 1 heterocycles. The van der Waals surface area contributed by atoms with Crippen molar-refractivity contribution in [3.8, 4) is 5.75 Å². The highest BCUT2D eigenvalue weighted by Crippen LogP contribution is 2.15. The average molecular weight is 304 g/mol. The molecule has 0 N–H and O–H groups in total. The fourth-order valence-corrected chi connectivity index (χ4v) is 2.71. The Morgan fingerprint density at radius 3 is 2.62 bits per heavy atom. The zero-order valence-electron chi connectivity index (χ0n) is 12.4. The largest absolute Gasteiger partial charge is 0.486 e. The van der Waals surface area contributed by atoms with Gasteiger partial charge in [-0.05, 0) is 26.0 Å². The third-order valence-electron chi connectivity index (χ3n) is 3.15. The van der Waals surface area contributed by atoms with E-state index < -0.39 is 0 Å². The van der Waals surface area contributed by atoms with Crippen LogP contribution in [0.5, 0.6) is 5.75 Å². The Kier molecular flexibility index (Phi) is 5.75. The van der Waals surface area contributed by atoms with Crippen molar-refractivity contribution in [2.75, 3.05) is 13.1 Å². The first-order valence-electron chi connectivity index (χ1n) is 7.11. The lowest BCUT2D eigenvalue weighted by atomic mass is 10.3. The second-order valence-corrected chi connectivity index (χ2v) is 5.52. The SMILES string of the molecule is CCN(CC)C(=O)Cc1csc(COc2ccccc2)n1. The van der Waals surface area contributed by atoms with Crippen LogP contribution in [0.2, 0.25) is 0 Å². The lowest BCUT2D eigenvalue weighted by Crippen LogP contribution is -2.31. The number of hydrogen-bond donors (Lipinski definition) is 0. The molecule has 112 valence electrons. The molecule has 0 atom stereocenters. The highest BCUT2D eigenvalue weighted by molar-refractivity contribution is 7.09. The molecule has 21 heavy (non-hydrogen) atoms. The van der Waals surface area contributed by atoms with Gasteiger partial charge in [0.1, 0.15) is 17.4 Å². The summed E-state index contributed by atoms with van der Waals surface area (Å²) in [6.45, 7) is 5.89. The molecule has 1 amide bonds. The Labute approximate surface area is 129 Å². The topological polar surface area (TPSA) is 42.4 Å². The van der Waals surface area contributed by atoms with E-state index in [0.29, 0.717) is 13.0 Å². The van der Waals surface area contributed by atoms with E-state index in [1.807, 2.05) is 54.5 Å². The minimum Gasteiger partial charge on any atom is -0.486 e. The molecule has 0 aliphatic carbocycles. The third-order valence-corrected chi connectivity index (χ3v) is 4.02. The molecule has 1 aromatic carbocycles. The quantitative estimate of drug-likeness (QED) is 0.789. The van der Waals surface area contributed by atoms with E-state index >= 15 is 0 Å². The first kappa shape index (κ1) is 15.5. The number of aromatic nitrogens is 1. The maximum Gasteiger partial charge on any atom is 0.228 e. The number of benzene rings is 1. The molecule has 0 aliphatic rings. The zero-order valence-corrected chi connectivity index (χ0v) is 13.2. The molecule has 2 rings (SSSR count). The Bertz CT molecular complexity index is 565. The lowest BCUT2D eigenvalue weighted by Gasteiger charge is -2.17. The van der Waals surface area contributed by atoms with Gasteiger partial charge in [-0.25, -0.2) is 4.98 Å². The summed E-state index contributed by atoms with van der Waals surface area (Å²) in [6.07, 6.45) is 0.365. The van der Waals surface area contributed by atoms with E-state index in [1.165, 1.54) is 11.3 Å². The number of likely N-dealkylation sites (N-methyl/N-ethyl adjacent to an activating group) is 1. The molecule has 0 unspecified atom stereocenters. The summed E-state index contributed by atoms with van der Waals surface area (Å²) < 4.78 is 5.65. The van der Waals surface area contributed by atoms with Crippen LogP contribution in [0.25, 0.3) is 0 Å². The molecule has 5 heteroatoms. The van der Waals surface area contributed by atoms with Gasteiger partial charge in [0.05, 0.1) is 12.1 Å². The van der Waals surface area contributed by atoms with Crippen LogP contribution >= 0.6 is 11.3 Å². The van der Waals surface area contributed by atoms with Crippen molar-refractivity contribution >= 4 is 17.2 Å². The molecule has 0 fully saturated rings. The minimum absolute atomic E-state index is 0.126. The summed E-state index contributed by atoms with van der Waals surface area (Å²) in [6, 6.07) is 9.65. The Balaban J connectivity index is 1.88. The van der Waals surface area contributed by atoms with Gasteiger partial charge in [0.25, 0.3) is 0 Å². The van der Waals surface area contributed by atoms with Crippen molar-refractivity contribution in [2.45, 2.75) is 26.9 Å². The van der Waals surface area contributed by atoms with E-state index in [2.05, 4.69) is 4.98 Å². The number of ether oxygens (including phenoxy) is 1. The van der Waals surface area contributed by atoms with E-state index in [1.54, 1.807) is 0 Å². The second kappa shape index (κ2) is 7.78. The van der Waals surface area contributed by atoms with Gasteiger partial charge in [0.15, 0.2) is 0 Å². The smallest absolute Gasteiger partial charge is 0.228 e. The second-order valence-electron chi connectivity index (χ2n) is 4.58. The summed E-state index contributed by atoms with van der Waals surface area (Å²) in [7, 11) is 0. The molecule has 0 aliphatic heterocycles. The summed E-state index contributed by atoms with van der Waals surface area (Å²) in [4.78, 5) is 18.3. The van der Waals surface area contributed by atoms with Crippen LogP contribution in [0.4, 0.5) is 0 Å². The number of nitrogens with zero attached hydrogens (tertiary/aromatic N) is 2. The van der Waals surface area contributed by atoms with Crippen LogP contribution < -0.4 is 4.74 Å². The molecule has 2 aromatic rings. The van der Waals surface area contributed by atoms with Crippen LogP contribution in [0, 0.1) is 0 Å². The monoisotopic (exact) mass is 304 g/mol. The minimum atomic E-state index is 0.126. The molecule has 0 bridgehead atoms. The van der Waals surface area contributed by atoms with Gasteiger partial charge in [-0.3, -0.25) is 4.79 Å². The van der Waals surface area contributed by atoms with Gasteiger partial charge in [-0.15, -0.1) is 11.3 Å². The number of carbonyl (C=O) groups is 1. The maximum atomic E-state index is 12.0. The van der Waals surface area contributed by atoms with Crippen molar-refractivity contribution in [3.63, 3.8) is 0 Å². The fourth-order valence-electron chi connectivity index (χ4n) is 2.00. The number of hydrogen-bond acceptors (Lipinski definition) is 4. The van der Waals surface area contributed by atoms with Crippen molar-refractivity contribution in [1.29, 1.82) is 0 Å². The summed E-state index contributed by atoms with van der Waals surface area (Å²) >= 11 is 1.53. The van der Waals surface area contributed by atoms with Gasteiger partial charge in [-0.1, -0.05) is 18.2 Å². The third kappa shape index (κ3) is 4.56. The lowest BCUT2D eigenvalue weighted by molar-refractivity contribution is -0.130. The Hall–Kier alpha value is -1.88. The van der Waals surface area contributed by atoms with Gasteiger partial charge < -0.3 is 9.64 Å². The fraction of sp³-hybridized carbons (Fsp3) is 0.375. The van der Waals surface area contributed by atoms with Crippen molar-refractivity contribution < 1.29 is 9.53 Å². The van der Waals surface area contributed by atoms with Crippen molar-refractivity contribution in [2.24, 2.45) is 0 Å². The summed E-state index contributed by atoms with van der Waals surface area (Å²) in [5.41, 5.74) is 0.823. The standard InChI is InChI=1S/C16H20N2O2S/c1-3-18(4-2)16(19)10-13-12-21-15(17-13)11-20-14-8-6-5-7-9-14/h5-9,12H,3-4,10-11H2,1-2H3. The highest BCUT2D eigenvalue weighted by Gasteiger charge is 2.12.